The van der Waals surface area contributed by atoms with E-state index in [9.17, 15) is 5.11 Å². The molecule has 144 valence electrons. The molecule has 3 aromatic rings. The van der Waals surface area contributed by atoms with E-state index in [0.717, 1.165) is 49.0 Å². The first-order valence-corrected chi connectivity index (χ1v) is 10.0. The van der Waals surface area contributed by atoms with Crippen LogP contribution in [0.15, 0.2) is 48.5 Å². The Labute approximate surface area is 165 Å². The van der Waals surface area contributed by atoms with Crippen molar-refractivity contribution in [2.75, 3.05) is 27.2 Å². The van der Waals surface area contributed by atoms with Crippen molar-refractivity contribution in [2.45, 2.75) is 24.7 Å². The Kier molecular flexibility index (Phi) is 4.06. The molecule has 5 rings (SSSR count). The maximum Gasteiger partial charge on any atom is 0.145 e. The van der Waals surface area contributed by atoms with Crippen molar-refractivity contribution in [3.8, 4) is 11.5 Å². The molecule has 2 aliphatic rings. The summed E-state index contributed by atoms with van der Waals surface area (Å²) in [6.07, 6.45) is 3.02. The molecule has 0 spiro atoms. The van der Waals surface area contributed by atoms with Crippen LogP contribution in [0.25, 0.3) is 10.9 Å². The minimum atomic E-state index is 0.0287. The van der Waals surface area contributed by atoms with Crippen molar-refractivity contribution >= 4 is 10.9 Å². The van der Waals surface area contributed by atoms with Gasteiger partial charge in [0.1, 0.15) is 17.0 Å². The van der Waals surface area contributed by atoms with E-state index in [2.05, 4.69) is 30.1 Å². The molecule has 4 heteroatoms. The first-order chi connectivity index (χ1) is 13.6. The maximum absolute atomic E-state index is 10.1. The fraction of sp³-hybridized carbons (Fsp3) is 0.375. The number of hydrogen-bond donors (Lipinski definition) is 1. The Morgan fingerprint density at radius 3 is 2.86 bits per heavy atom. The summed E-state index contributed by atoms with van der Waals surface area (Å²) in [6.45, 7) is 2.14. The van der Waals surface area contributed by atoms with Crippen molar-refractivity contribution < 1.29 is 9.84 Å². The Hall–Kier alpha value is -2.59. The van der Waals surface area contributed by atoms with Gasteiger partial charge in [0.2, 0.25) is 0 Å². The molecule has 1 aliphatic carbocycles. The summed E-state index contributed by atoms with van der Waals surface area (Å²) in [7, 11) is 3.92. The van der Waals surface area contributed by atoms with Gasteiger partial charge >= 0.3 is 0 Å². The van der Waals surface area contributed by atoms with E-state index in [1.54, 1.807) is 13.2 Å². The van der Waals surface area contributed by atoms with Crippen molar-refractivity contribution in [3.63, 3.8) is 0 Å². The molecule has 1 N–H and O–H groups in total. The lowest BCUT2D eigenvalue weighted by Crippen LogP contribution is -2.53. The van der Waals surface area contributed by atoms with Gasteiger partial charge in [-0.25, -0.2) is 4.98 Å². The summed E-state index contributed by atoms with van der Waals surface area (Å²) >= 11 is 0. The maximum atomic E-state index is 10.1. The topological polar surface area (TPSA) is 45.6 Å². The Morgan fingerprint density at radius 1 is 1.18 bits per heavy atom. The molecule has 0 radical (unpaired) electrons. The van der Waals surface area contributed by atoms with E-state index in [1.807, 2.05) is 24.3 Å². The van der Waals surface area contributed by atoms with Gasteiger partial charge in [-0.3, -0.25) is 0 Å². The number of rotatable bonds is 2. The first kappa shape index (κ1) is 17.5. The second-order valence-corrected chi connectivity index (χ2v) is 8.42. The van der Waals surface area contributed by atoms with E-state index in [1.165, 1.54) is 16.8 Å². The number of methoxy groups -OCH3 is 1. The van der Waals surface area contributed by atoms with E-state index in [-0.39, 0.29) is 5.41 Å². The molecule has 2 aromatic carbocycles. The van der Waals surface area contributed by atoms with Gasteiger partial charge in [-0.2, -0.15) is 0 Å². The zero-order chi connectivity index (χ0) is 19.3. The van der Waals surface area contributed by atoms with Crippen molar-refractivity contribution in [1.29, 1.82) is 0 Å². The highest BCUT2D eigenvalue weighted by Gasteiger charge is 2.47. The van der Waals surface area contributed by atoms with Crippen LogP contribution in [0.5, 0.6) is 11.5 Å². The molecular formula is C24H26N2O2. The highest BCUT2D eigenvalue weighted by atomic mass is 16.5. The van der Waals surface area contributed by atoms with E-state index < -0.39 is 0 Å². The number of phenols is 1. The van der Waals surface area contributed by atoms with Gasteiger partial charge in [0.15, 0.2) is 0 Å². The number of aromatic nitrogens is 1. The van der Waals surface area contributed by atoms with Gasteiger partial charge in [0, 0.05) is 29.5 Å². The smallest absolute Gasteiger partial charge is 0.145 e. The number of aromatic hydroxyl groups is 1. The number of hydrogen-bond acceptors (Lipinski definition) is 4. The fourth-order valence-electron chi connectivity index (χ4n) is 5.34. The van der Waals surface area contributed by atoms with Crippen molar-refractivity contribution in [1.82, 2.24) is 9.88 Å². The minimum Gasteiger partial charge on any atom is -0.508 e. The monoisotopic (exact) mass is 374 g/mol. The predicted molar refractivity (Wildman–Crippen MR) is 111 cm³/mol. The third-order valence-electron chi connectivity index (χ3n) is 6.82. The molecule has 1 fully saturated rings. The normalized spacial score (nSPS) is 24.6. The number of nitrogens with zero attached hydrogens (tertiary/aromatic N) is 2. The van der Waals surface area contributed by atoms with E-state index in [4.69, 9.17) is 9.72 Å². The Balaban J connectivity index is 1.67. The third-order valence-corrected chi connectivity index (χ3v) is 6.82. The second kappa shape index (κ2) is 6.49. The summed E-state index contributed by atoms with van der Waals surface area (Å²) in [4.78, 5) is 7.53. The van der Waals surface area contributed by atoms with Crippen LogP contribution in [-0.2, 0) is 18.3 Å². The van der Waals surface area contributed by atoms with Crippen LogP contribution >= 0.6 is 0 Å². The lowest BCUT2D eigenvalue weighted by atomic mass is 9.58. The van der Waals surface area contributed by atoms with Crippen LogP contribution in [0.1, 0.15) is 23.2 Å². The van der Waals surface area contributed by atoms with E-state index >= 15 is 0 Å². The third kappa shape index (κ3) is 2.67. The van der Waals surface area contributed by atoms with Crippen molar-refractivity contribution in [3.05, 3.63) is 65.4 Å². The standard InChI is InChI=1S/C24H26N2O2/c1-26-10-9-24(18-6-4-7-20(27)13-18)14-21-17(12-19(24)15-26)11-16-5-3-8-22(28-2)23(16)25-21/h3-8,11,13,19,27H,9-10,12,14-15H2,1-2H3/t19-,24-/m0/s1. The average molecular weight is 374 g/mol. The molecule has 1 aliphatic heterocycles. The molecule has 0 bridgehead atoms. The number of ether oxygens (including phenoxy) is 1. The van der Waals surface area contributed by atoms with Gasteiger partial charge in [-0.15, -0.1) is 0 Å². The number of pyridine rings is 1. The van der Waals surface area contributed by atoms with Gasteiger partial charge in [0.25, 0.3) is 0 Å². The van der Waals surface area contributed by atoms with Crippen LogP contribution < -0.4 is 4.74 Å². The molecule has 2 atom stereocenters. The van der Waals surface area contributed by atoms with Crippen molar-refractivity contribution in [2.24, 2.45) is 5.92 Å². The average Bonchev–Trinajstić information content (AvgIpc) is 2.70. The molecule has 0 unspecified atom stereocenters. The predicted octanol–water partition coefficient (Wildman–Crippen LogP) is 3.94. The quantitative estimate of drug-likeness (QED) is 0.738. The summed E-state index contributed by atoms with van der Waals surface area (Å²) in [5, 5.41) is 11.3. The molecule has 0 saturated carbocycles. The molecule has 1 saturated heterocycles. The Morgan fingerprint density at radius 2 is 2.04 bits per heavy atom. The highest BCUT2D eigenvalue weighted by molar-refractivity contribution is 5.85. The molecule has 4 nitrogen and oxygen atoms in total. The van der Waals surface area contributed by atoms with Gasteiger partial charge < -0.3 is 14.7 Å². The number of likely N-dealkylation sites (tertiary alicyclic amines) is 1. The zero-order valence-electron chi connectivity index (χ0n) is 16.5. The summed E-state index contributed by atoms with van der Waals surface area (Å²) in [5.41, 5.74) is 4.76. The molecule has 0 amide bonds. The van der Waals surface area contributed by atoms with Crippen LogP contribution in [0.4, 0.5) is 0 Å². The molecule has 1 aromatic heterocycles. The number of benzene rings is 2. The molecule has 28 heavy (non-hydrogen) atoms. The summed E-state index contributed by atoms with van der Waals surface area (Å²) < 4.78 is 5.56. The van der Waals surface area contributed by atoms with Crippen LogP contribution in [0.3, 0.4) is 0 Å². The van der Waals surface area contributed by atoms with Gasteiger partial charge in [-0.05, 0) is 67.7 Å². The first-order valence-electron chi connectivity index (χ1n) is 10.0. The minimum absolute atomic E-state index is 0.0287. The molecular weight excluding hydrogens is 348 g/mol. The largest absolute Gasteiger partial charge is 0.508 e. The van der Waals surface area contributed by atoms with Crippen LogP contribution in [0, 0.1) is 5.92 Å². The number of phenolic OH excluding ortho intramolecular Hbond substituents is 1. The van der Waals surface area contributed by atoms with Gasteiger partial charge in [-0.1, -0.05) is 24.3 Å². The number of piperidine rings is 1. The van der Waals surface area contributed by atoms with E-state index in [0.29, 0.717) is 11.7 Å². The van der Waals surface area contributed by atoms with Crippen LogP contribution in [0.2, 0.25) is 0 Å². The zero-order valence-corrected chi connectivity index (χ0v) is 16.5. The second-order valence-electron chi connectivity index (χ2n) is 8.42. The van der Waals surface area contributed by atoms with Crippen LogP contribution in [-0.4, -0.2) is 42.2 Å². The fourth-order valence-corrected chi connectivity index (χ4v) is 5.34. The summed E-state index contributed by atoms with van der Waals surface area (Å²) in [6, 6.07) is 16.3. The lowest BCUT2D eigenvalue weighted by molar-refractivity contribution is 0.0987. The lowest BCUT2D eigenvalue weighted by Gasteiger charge is -2.50. The highest BCUT2D eigenvalue weighted by Crippen LogP contribution is 2.48. The number of fused-ring (bicyclic) bond motifs is 3. The summed E-state index contributed by atoms with van der Waals surface area (Å²) in [5.74, 6) is 1.70. The Bertz CT molecular complexity index is 1050. The van der Waals surface area contributed by atoms with Gasteiger partial charge in [0.05, 0.1) is 7.11 Å². The number of para-hydroxylation sites is 1. The molecule has 2 heterocycles. The SMILES string of the molecule is COc1cccc2cc3c(nc12)C[C@]1(c2cccc(O)c2)CCN(C)C[C@@H]1C3.